The highest BCUT2D eigenvalue weighted by atomic mass is 79.9. The van der Waals surface area contributed by atoms with Gasteiger partial charge in [0, 0.05) is 15.3 Å². The highest BCUT2D eigenvalue weighted by molar-refractivity contribution is 9.10. The molecule has 0 saturated heterocycles. The maximum Gasteiger partial charge on any atom is 0.229 e. The second kappa shape index (κ2) is 8.25. The number of anilines is 1. The van der Waals surface area contributed by atoms with E-state index >= 15 is 0 Å². The van der Waals surface area contributed by atoms with E-state index in [9.17, 15) is 14.0 Å². The van der Waals surface area contributed by atoms with Crippen molar-refractivity contribution in [2.24, 2.45) is 10.8 Å². The maximum absolute atomic E-state index is 13.6. The number of rotatable bonds is 1. The first-order chi connectivity index (χ1) is 10.2. The van der Waals surface area contributed by atoms with Crippen LogP contribution >= 0.6 is 27.5 Å². The van der Waals surface area contributed by atoms with Crippen molar-refractivity contribution in [1.29, 1.82) is 0 Å². The maximum atomic E-state index is 13.6. The quantitative estimate of drug-likeness (QED) is 0.608. The number of carbonyl (C=O) groups is 2. The first-order valence-electron chi connectivity index (χ1n) is 7.13. The summed E-state index contributed by atoms with van der Waals surface area (Å²) in [4.78, 5) is 22.0. The second-order valence-electron chi connectivity index (χ2n) is 7.31. The second-order valence-corrected chi connectivity index (χ2v) is 8.57. The van der Waals surface area contributed by atoms with Gasteiger partial charge in [-0.3, -0.25) is 9.59 Å². The fourth-order valence-electron chi connectivity index (χ4n) is 1.16. The number of amides is 1. The van der Waals surface area contributed by atoms with Crippen molar-refractivity contribution >= 4 is 44.4 Å². The van der Waals surface area contributed by atoms with Gasteiger partial charge >= 0.3 is 0 Å². The summed E-state index contributed by atoms with van der Waals surface area (Å²) in [7, 11) is 0. The van der Waals surface area contributed by atoms with Crippen LogP contribution in [0.1, 0.15) is 47.1 Å². The Morgan fingerprint density at radius 2 is 1.52 bits per heavy atom. The normalized spacial score (nSPS) is 11.4. The lowest BCUT2D eigenvalue weighted by atomic mass is 9.95. The van der Waals surface area contributed by atoms with E-state index in [0.717, 1.165) is 0 Å². The monoisotopic (exact) mass is 407 g/mol. The summed E-state index contributed by atoms with van der Waals surface area (Å²) in [5.74, 6) is -0.624. The molecule has 0 bridgehead atoms. The summed E-state index contributed by atoms with van der Waals surface area (Å²) < 4.78 is 14.3. The summed E-state index contributed by atoms with van der Waals surface area (Å²) in [6, 6.07) is 3.10. The van der Waals surface area contributed by atoms with Gasteiger partial charge in [-0.15, -0.1) is 0 Å². The minimum atomic E-state index is -0.536. The van der Waals surface area contributed by atoms with E-state index in [0.29, 0.717) is 10.0 Å². The third kappa shape index (κ3) is 7.93. The number of aryl methyl sites for hydroxylation is 1. The van der Waals surface area contributed by atoms with Gasteiger partial charge < -0.3 is 5.32 Å². The van der Waals surface area contributed by atoms with Crippen LogP contribution in [-0.2, 0) is 9.59 Å². The summed E-state index contributed by atoms with van der Waals surface area (Å²) in [6.07, 6.45) is 0. The molecule has 1 aromatic rings. The molecule has 3 nitrogen and oxygen atoms in total. The number of carbonyl (C=O) groups excluding carboxylic acids is 2. The molecule has 1 rings (SSSR count). The zero-order chi connectivity index (χ0) is 18.6. The lowest BCUT2D eigenvalue weighted by Gasteiger charge is -2.19. The topological polar surface area (TPSA) is 46.2 Å². The molecule has 6 heteroatoms. The average molecular weight is 409 g/mol. The Balaban J connectivity index is 0.000000585. The van der Waals surface area contributed by atoms with Crippen molar-refractivity contribution < 1.29 is 14.0 Å². The van der Waals surface area contributed by atoms with Crippen LogP contribution in [0.3, 0.4) is 0 Å². The molecule has 0 aliphatic rings. The molecule has 0 spiro atoms. The Bertz CT molecular complexity index is 566. The molecular formula is C17H24BrClFNO2. The highest BCUT2D eigenvalue weighted by Gasteiger charge is 2.23. The van der Waals surface area contributed by atoms with Crippen molar-refractivity contribution in [3.63, 3.8) is 0 Å². The Morgan fingerprint density at radius 3 is 1.83 bits per heavy atom. The average Bonchev–Trinajstić information content (AvgIpc) is 2.31. The van der Waals surface area contributed by atoms with Crippen LogP contribution in [0, 0.1) is 23.6 Å². The van der Waals surface area contributed by atoms with Crippen LogP contribution in [0.15, 0.2) is 16.6 Å². The van der Waals surface area contributed by atoms with E-state index in [2.05, 4.69) is 21.2 Å². The van der Waals surface area contributed by atoms with Crippen LogP contribution < -0.4 is 5.32 Å². The predicted octanol–water partition coefficient (Wildman–Crippen LogP) is 5.68. The zero-order valence-electron chi connectivity index (χ0n) is 14.6. The van der Waals surface area contributed by atoms with Gasteiger partial charge in [-0.25, -0.2) is 4.39 Å². The SMILES string of the molecule is CC(C)(C)C(=O)Cl.Cc1cc(Br)cc(F)c1NC(=O)C(C)(C)C. The number of hydrogen-bond acceptors (Lipinski definition) is 2. The molecule has 0 aromatic heterocycles. The molecule has 0 atom stereocenters. The third-order valence-electron chi connectivity index (χ3n) is 2.76. The van der Waals surface area contributed by atoms with Crippen LogP contribution in [0.2, 0.25) is 0 Å². The van der Waals surface area contributed by atoms with Gasteiger partial charge in [0.15, 0.2) is 0 Å². The van der Waals surface area contributed by atoms with Gasteiger partial charge in [0.2, 0.25) is 11.1 Å². The Hall–Kier alpha value is -0.940. The largest absolute Gasteiger partial charge is 0.323 e. The first kappa shape index (κ1) is 22.1. The van der Waals surface area contributed by atoms with E-state index < -0.39 is 11.2 Å². The smallest absolute Gasteiger partial charge is 0.229 e. The van der Waals surface area contributed by atoms with Gasteiger partial charge in [-0.05, 0) is 36.2 Å². The molecule has 0 aliphatic heterocycles. The van der Waals surface area contributed by atoms with Gasteiger partial charge in [0.1, 0.15) is 5.82 Å². The van der Waals surface area contributed by atoms with Crippen molar-refractivity contribution in [2.75, 3.05) is 5.32 Å². The summed E-state index contributed by atoms with van der Waals surface area (Å²) in [5, 5.41) is 2.33. The molecule has 23 heavy (non-hydrogen) atoms. The Morgan fingerprint density at radius 1 is 1.09 bits per heavy atom. The molecule has 0 aliphatic carbocycles. The number of nitrogens with one attached hydrogen (secondary N) is 1. The summed E-state index contributed by atoms with van der Waals surface area (Å²) in [6.45, 7) is 12.5. The van der Waals surface area contributed by atoms with Crippen LogP contribution in [0.5, 0.6) is 0 Å². The Labute approximate surface area is 151 Å². The molecule has 1 amide bonds. The van der Waals surface area contributed by atoms with Gasteiger partial charge in [0.25, 0.3) is 0 Å². The van der Waals surface area contributed by atoms with E-state index in [4.69, 9.17) is 11.6 Å². The fourth-order valence-corrected chi connectivity index (χ4v) is 1.71. The summed E-state index contributed by atoms with van der Waals surface area (Å²) in [5.41, 5.74) is 0.0423. The van der Waals surface area contributed by atoms with Crippen molar-refractivity contribution in [3.05, 3.63) is 28.0 Å². The Kier molecular flexibility index (Phi) is 7.91. The van der Waals surface area contributed by atoms with E-state index in [-0.39, 0.29) is 22.3 Å². The fraction of sp³-hybridized carbons (Fsp3) is 0.529. The minimum absolute atomic E-state index is 0.197. The number of halogens is 3. The van der Waals surface area contributed by atoms with E-state index in [1.54, 1.807) is 54.5 Å². The molecule has 0 heterocycles. The van der Waals surface area contributed by atoms with Crippen molar-refractivity contribution in [1.82, 2.24) is 0 Å². The first-order valence-corrected chi connectivity index (χ1v) is 8.30. The predicted molar refractivity (Wildman–Crippen MR) is 97.2 cm³/mol. The highest BCUT2D eigenvalue weighted by Crippen LogP contribution is 2.26. The summed E-state index contributed by atoms with van der Waals surface area (Å²) >= 11 is 8.32. The molecule has 0 saturated carbocycles. The minimum Gasteiger partial charge on any atom is -0.323 e. The zero-order valence-corrected chi connectivity index (χ0v) is 16.9. The van der Waals surface area contributed by atoms with E-state index in [1.807, 2.05) is 0 Å². The van der Waals surface area contributed by atoms with Gasteiger partial charge in [-0.1, -0.05) is 57.5 Å². The van der Waals surface area contributed by atoms with Crippen LogP contribution in [-0.4, -0.2) is 11.1 Å². The lowest BCUT2D eigenvalue weighted by molar-refractivity contribution is -0.123. The molecule has 0 unspecified atom stereocenters. The van der Waals surface area contributed by atoms with E-state index in [1.165, 1.54) is 6.07 Å². The molecule has 1 aromatic carbocycles. The molecule has 0 fully saturated rings. The van der Waals surface area contributed by atoms with Crippen molar-refractivity contribution in [2.45, 2.75) is 48.5 Å². The number of hydrogen-bond donors (Lipinski definition) is 1. The van der Waals surface area contributed by atoms with Gasteiger partial charge in [0.05, 0.1) is 5.69 Å². The third-order valence-corrected chi connectivity index (χ3v) is 3.79. The van der Waals surface area contributed by atoms with Crippen LogP contribution in [0.4, 0.5) is 10.1 Å². The molecule has 130 valence electrons. The lowest BCUT2D eigenvalue weighted by Crippen LogP contribution is -2.28. The van der Waals surface area contributed by atoms with Gasteiger partial charge in [-0.2, -0.15) is 0 Å². The van der Waals surface area contributed by atoms with Crippen LogP contribution in [0.25, 0.3) is 0 Å². The molecular weight excluding hydrogens is 385 g/mol. The molecule has 1 N–H and O–H groups in total. The van der Waals surface area contributed by atoms with Crippen molar-refractivity contribution in [3.8, 4) is 0 Å². The number of benzene rings is 1. The molecule has 0 radical (unpaired) electrons. The standard InChI is InChI=1S/C12H15BrFNO.C5H9ClO/c1-7-5-8(13)6-9(14)10(7)15-11(16)12(2,3)4;1-5(2,3)4(6)7/h5-6H,1-4H3,(H,15,16);1-3H3.